The summed E-state index contributed by atoms with van der Waals surface area (Å²) in [6.45, 7) is 1.14. The van der Waals surface area contributed by atoms with Crippen LogP contribution in [0.1, 0.15) is 12.5 Å². The van der Waals surface area contributed by atoms with Gasteiger partial charge in [-0.2, -0.15) is 11.3 Å². The molecule has 110 valence electrons. The summed E-state index contributed by atoms with van der Waals surface area (Å²) in [5.74, 6) is -1.68. The highest BCUT2D eigenvalue weighted by Gasteiger charge is 2.10. The summed E-state index contributed by atoms with van der Waals surface area (Å²) in [5, 5.41) is 19.6. The molecule has 0 radical (unpaired) electrons. The molecule has 0 aliphatic rings. The summed E-state index contributed by atoms with van der Waals surface area (Å²) in [6.07, 6.45) is 0.710. The second-order valence-corrected chi connectivity index (χ2v) is 5.01. The van der Waals surface area contributed by atoms with Gasteiger partial charge in [0.25, 0.3) is 0 Å². The van der Waals surface area contributed by atoms with Gasteiger partial charge in [0.1, 0.15) is 6.54 Å². The van der Waals surface area contributed by atoms with Crippen LogP contribution in [-0.4, -0.2) is 42.1 Å². The van der Waals surface area contributed by atoms with Crippen LogP contribution in [-0.2, 0) is 16.0 Å². The fraction of sp³-hybridized carbons (Fsp3) is 0.417. The smallest absolute Gasteiger partial charge is 0.322 e. The van der Waals surface area contributed by atoms with Crippen molar-refractivity contribution >= 4 is 29.2 Å². The molecule has 1 unspecified atom stereocenters. The minimum Gasteiger partial charge on any atom is -0.480 e. The van der Waals surface area contributed by atoms with Crippen molar-refractivity contribution in [2.24, 2.45) is 0 Å². The zero-order chi connectivity index (χ0) is 15.0. The number of carbonyl (C=O) groups is 3. The molecule has 0 aromatic carbocycles. The Labute approximate surface area is 120 Å². The van der Waals surface area contributed by atoms with Gasteiger partial charge in [0.15, 0.2) is 0 Å². The molecule has 4 N–H and O–H groups in total. The topological polar surface area (TPSA) is 108 Å². The highest BCUT2D eigenvalue weighted by atomic mass is 32.1. The van der Waals surface area contributed by atoms with Crippen molar-refractivity contribution in [1.29, 1.82) is 0 Å². The van der Waals surface area contributed by atoms with Crippen LogP contribution in [0, 0.1) is 0 Å². The van der Waals surface area contributed by atoms with Crippen molar-refractivity contribution in [3.8, 4) is 0 Å². The maximum atomic E-state index is 11.5. The summed E-state index contributed by atoms with van der Waals surface area (Å²) < 4.78 is 0. The lowest BCUT2D eigenvalue weighted by Gasteiger charge is -2.13. The summed E-state index contributed by atoms with van der Waals surface area (Å²) in [5.41, 5.74) is 1.14. The van der Waals surface area contributed by atoms with Crippen LogP contribution in [0.15, 0.2) is 16.8 Å². The van der Waals surface area contributed by atoms with E-state index in [1.807, 2.05) is 23.8 Å². The third kappa shape index (κ3) is 6.74. The predicted molar refractivity (Wildman–Crippen MR) is 74.7 cm³/mol. The summed E-state index contributed by atoms with van der Waals surface area (Å²) in [6, 6.07) is 1.46. The number of carboxylic acid groups (broad SMARTS) is 1. The van der Waals surface area contributed by atoms with Gasteiger partial charge in [-0.3, -0.25) is 9.59 Å². The molecule has 0 saturated heterocycles. The minimum atomic E-state index is -1.13. The lowest BCUT2D eigenvalue weighted by atomic mass is 10.1. The first-order valence-electron chi connectivity index (χ1n) is 6.01. The van der Waals surface area contributed by atoms with E-state index < -0.39 is 24.5 Å². The first kappa shape index (κ1) is 16.0. The van der Waals surface area contributed by atoms with E-state index in [2.05, 4.69) is 16.0 Å². The molecule has 1 aromatic rings. The van der Waals surface area contributed by atoms with Crippen molar-refractivity contribution in [1.82, 2.24) is 16.0 Å². The second kappa shape index (κ2) is 8.16. The second-order valence-electron chi connectivity index (χ2n) is 4.23. The van der Waals surface area contributed by atoms with Gasteiger partial charge < -0.3 is 21.1 Å². The van der Waals surface area contributed by atoms with Crippen LogP contribution in [0.3, 0.4) is 0 Å². The van der Waals surface area contributed by atoms with Crippen molar-refractivity contribution in [2.45, 2.75) is 19.4 Å². The maximum Gasteiger partial charge on any atom is 0.322 e. The van der Waals surface area contributed by atoms with Gasteiger partial charge in [-0.1, -0.05) is 0 Å². The monoisotopic (exact) mass is 299 g/mol. The third-order valence-corrected chi connectivity index (χ3v) is 3.08. The molecular formula is C12H17N3O4S. The van der Waals surface area contributed by atoms with Crippen molar-refractivity contribution in [3.63, 3.8) is 0 Å². The highest BCUT2D eigenvalue weighted by molar-refractivity contribution is 7.07. The van der Waals surface area contributed by atoms with E-state index in [-0.39, 0.29) is 12.6 Å². The van der Waals surface area contributed by atoms with Crippen LogP contribution in [0.25, 0.3) is 0 Å². The molecule has 20 heavy (non-hydrogen) atoms. The predicted octanol–water partition coefficient (Wildman–Crippen LogP) is 0.179. The van der Waals surface area contributed by atoms with E-state index >= 15 is 0 Å². The van der Waals surface area contributed by atoms with Crippen molar-refractivity contribution < 1.29 is 19.5 Å². The number of carbonyl (C=O) groups excluding carboxylic acids is 2. The van der Waals surface area contributed by atoms with Gasteiger partial charge in [-0.25, -0.2) is 4.79 Å². The zero-order valence-electron chi connectivity index (χ0n) is 11.0. The number of urea groups is 1. The Bertz CT molecular complexity index is 461. The number of carboxylic acids is 1. The molecule has 3 amide bonds. The molecule has 1 rings (SSSR count). The molecule has 0 aliphatic carbocycles. The van der Waals surface area contributed by atoms with E-state index in [0.29, 0.717) is 6.42 Å². The van der Waals surface area contributed by atoms with Gasteiger partial charge in [-0.05, 0) is 35.7 Å². The molecule has 1 atom stereocenters. The minimum absolute atomic E-state index is 0.0633. The van der Waals surface area contributed by atoms with Gasteiger partial charge in [0.05, 0.1) is 6.54 Å². The number of aliphatic carboxylic acids is 1. The van der Waals surface area contributed by atoms with Gasteiger partial charge in [0.2, 0.25) is 5.91 Å². The lowest BCUT2D eigenvalue weighted by Crippen LogP contribution is -2.46. The van der Waals surface area contributed by atoms with E-state index in [1.165, 1.54) is 0 Å². The van der Waals surface area contributed by atoms with E-state index in [0.717, 1.165) is 5.56 Å². The molecule has 0 bridgehead atoms. The first-order chi connectivity index (χ1) is 9.47. The Kier molecular flexibility index (Phi) is 6.51. The number of hydrogen-bond acceptors (Lipinski definition) is 4. The third-order valence-electron chi connectivity index (χ3n) is 2.35. The average molecular weight is 299 g/mol. The van der Waals surface area contributed by atoms with Crippen LogP contribution in [0.2, 0.25) is 0 Å². The summed E-state index contributed by atoms with van der Waals surface area (Å²) in [7, 11) is 0. The normalized spacial score (nSPS) is 11.4. The van der Waals surface area contributed by atoms with Gasteiger partial charge in [-0.15, -0.1) is 0 Å². The van der Waals surface area contributed by atoms with E-state index in [1.54, 1.807) is 11.3 Å². The van der Waals surface area contributed by atoms with Crippen LogP contribution < -0.4 is 16.0 Å². The van der Waals surface area contributed by atoms with Gasteiger partial charge >= 0.3 is 12.0 Å². The number of thiophene rings is 1. The first-order valence-corrected chi connectivity index (χ1v) is 6.95. The SMILES string of the molecule is CC(Cc1ccsc1)NC(=O)NCC(=O)NCC(=O)O. The molecular weight excluding hydrogens is 282 g/mol. The number of rotatable bonds is 7. The number of nitrogens with one attached hydrogen (secondary N) is 3. The fourth-order valence-electron chi connectivity index (χ4n) is 1.49. The zero-order valence-corrected chi connectivity index (χ0v) is 11.8. The van der Waals surface area contributed by atoms with Crippen LogP contribution >= 0.6 is 11.3 Å². The molecule has 0 aliphatic heterocycles. The van der Waals surface area contributed by atoms with E-state index in [9.17, 15) is 14.4 Å². The van der Waals surface area contributed by atoms with Crippen molar-refractivity contribution in [3.05, 3.63) is 22.4 Å². The Hall–Kier alpha value is -2.09. The fourth-order valence-corrected chi connectivity index (χ4v) is 2.17. The van der Waals surface area contributed by atoms with Gasteiger partial charge in [0, 0.05) is 6.04 Å². The Morgan fingerprint density at radius 1 is 1.30 bits per heavy atom. The highest BCUT2D eigenvalue weighted by Crippen LogP contribution is 2.08. The molecule has 1 heterocycles. The largest absolute Gasteiger partial charge is 0.480 e. The summed E-state index contributed by atoms with van der Waals surface area (Å²) in [4.78, 5) is 32.9. The van der Waals surface area contributed by atoms with Crippen LogP contribution in [0.5, 0.6) is 0 Å². The molecule has 8 heteroatoms. The molecule has 1 aromatic heterocycles. The molecule has 7 nitrogen and oxygen atoms in total. The standard InChI is InChI=1S/C12H17N3O4S/c1-8(4-9-2-3-20-7-9)15-12(19)14-5-10(16)13-6-11(17)18/h2-3,7-8H,4-6H2,1H3,(H,13,16)(H,17,18)(H2,14,15,19). The molecule has 0 saturated carbocycles. The summed E-state index contributed by atoms with van der Waals surface area (Å²) >= 11 is 1.59. The molecule has 0 spiro atoms. The average Bonchev–Trinajstić information content (AvgIpc) is 2.86. The Balaban J connectivity index is 2.19. The Morgan fingerprint density at radius 3 is 2.65 bits per heavy atom. The number of hydrogen-bond donors (Lipinski definition) is 4. The van der Waals surface area contributed by atoms with E-state index in [4.69, 9.17) is 5.11 Å². The quantitative estimate of drug-likeness (QED) is 0.576. The molecule has 0 fully saturated rings. The lowest BCUT2D eigenvalue weighted by molar-refractivity contribution is -0.137. The number of amides is 3. The van der Waals surface area contributed by atoms with Crippen molar-refractivity contribution in [2.75, 3.05) is 13.1 Å². The Morgan fingerprint density at radius 2 is 2.05 bits per heavy atom. The maximum absolute atomic E-state index is 11.5. The van der Waals surface area contributed by atoms with Crippen LogP contribution in [0.4, 0.5) is 4.79 Å².